The molecule has 0 aliphatic rings. The summed E-state index contributed by atoms with van der Waals surface area (Å²) in [4.78, 5) is 20.0. The molecular formula is C14H12N2O7S. The van der Waals surface area contributed by atoms with Crippen LogP contribution in [0.25, 0.3) is 0 Å². The Balaban J connectivity index is 2.47. The number of non-ortho nitro benzene ring substituents is 1. The van der Waals surface area contributed by atoms with E-state index < -0.39 is 31.4 Å². The number of benzene rings is 2. The molecule has 9 nitrogen and oxygen atoms in total. The van der Waals surface area contributed by atoms with Gasteiger partial charge in [0.2, 0.25) is 5.75 Å². The van der Waals surface area contributed by atoms with Gasteiger partial charge in [0.25, 0.3) is 5.69 Å². The lowest BCUT2D eigenvalue weighted by Gasteiger charge is -2.09. The lowest BCUT2D eigenvalue weighted by molar-refractivity contribution is -0.385. The van der Waals surface area contributed by atoms with E-state index in [1.807, 2.05) is 0 Å². The summed E-state index contributed by atoms with van der Waals surface area (Å²) in [7, 11) is -4.38. The van der Waals surface area contributed by atoms with Crippen molar-refractivity contribution >= 4 is 21.5 Å². The maximum absolute atomic E-state index is 12.3. The molecule has 0 aromatic heterocycles. The minimum atomic E-state index is -4.38. The van der Waals surface area contributed by atoms with Gasteiger partial charge in [0.1, 0.15) is 4.90 Å². The predicted molar refractivity (Wildman–Crippen MR) is 83.5 cm³/mol. The molecule has 2 rings (SSSR count). The molecule has 126 valence electrons. The van der Waals surface area contributed by atoms with E-state index in [0.717, 1.165) is 18.2 Å². The molecule has 0 spiro atoms. The third kappa shape index (κ3) is 3.49. The summed E-state index contributed by atoms with van der Waals surface area (Å²) in [6, 6.07) is 6.98. The molecule has 0 fully saturated rings. The maximum atomic E-state index is 12.3. The van der Waals surface area contributed by atoms with Crippen molar-refractivity contribution in [3.63, 3.8) is 0 Å². The highest BCUT2D eigenvalue weighted by Crippen LogP contribution is 2.31. The second kappa shape index (κ2) is 6.24. The molecular weight excluding hydrogens is 340 g/mol. The molecule has 10 heteroatoms. The van der Waals surface area contributed by atoms with Gasteiger partial charge in [0.05, 0.1) is 9.85 Å². The number of nitro groups is 2. The fourth-order valence-electron chi connectivity index (χ4n) is 2.03. The maximum Gasteiger partial charge on any atom is 0.339 e. The van der Waals surface area contributed by atoms with Crippen molar-refractivity contribution in [2.45, 2.75) is 18.7 Å². The second-order valence-electron chi connectivity index (χ2n) is 4.97. The summed E-state index contributed by atoms with van der Waals surface area (Å²) < 4.78 is 29.6. The monoisotopic (exact) mass is 352 g/mol. The van der Waals surface area contributed by atoms with Crippen LogP contribution in [0.3, 0.4) is 0 Å². The summed E-state index contributed by atoms with van der Waals surface area (Å²) >= 11 is 0. The SMILES string of the molecule is Cc1ccc(OS(=O)(=O)c2ccc([N+](=O)[O-])cc2C)c([N+](=O)[O-])c1. The highest BCUT2D eigenvalue weighted by Gasteiger charge is 2.25. The summed E-state index contributed by atoms with van der Waals surface area (Å²) in [6.45, 7) is 2.98. The van der Waals surface area contributed by atoms with Crippen molar-refractivity contribution in [1.29, 1.82) is 0 Å². The van der Waals surface area contributed by atoms with Crippen LogP contribution in [0.1, 0.15) is 11.1 Å². The molecule has 0 bridgehead atoms. The van der Waals surface area contributed by atoms with Gasteiger partial charge in [-0.3, -0.25) is 20.2 Å². The van der Waals surface area contributed by atoms with Crippen molar-refractivity contribution in [3.05, 3.63) is 67.8 Å². The van der Waals surface area contributed by atoms with E-state index in [9.17, 15) is 28.6 Å². The predicted octanol–water partition coefficient (Wildman–Crippen LogP) is 2.89. The standard InChI is InChI=1S/C14H12N2O7S/c1-9-3-5-13(12(7-9)16(19)20)23-24(21,22)14-6-4-11(15(17)18)8-10(14)2/h3-8H,1-2H3. The molecule has 0 heterocycles. The van der Waals surface area contributed by atoms with E-state index >= 15 is 0 Å². The Morgan fingerprint density at radius 2 is 1.62 bits per heavy atom. The first-order valence-electron chi connectivity index (χ1n) is 6.56. The molecule has 0 atom stereocenters. The highest BCUT2D eigenvalue weighted by atomic mass is 32.2. The third-order valence-electron chi connectivity index (χ3n) is 3.15. The van der Waals surface area contributed by atoms with Gasteiger partial charge < -0.3 is 4.18 Å². The largest absolute Gasteiger partial charge is 0.372 e. The highest BCUT2D eigenvalue weighted by molar-refractivity contribution is 7.87. The Labute approximate surface area is 136 Å². The van der Waals surface area contributed by atoms with Crippen LogP contribution >= 0.6 is 0 Å². The van der Waals surface area contributed by atoms with Crippen molar-refractivity contribution in [1.82, 2.24) is 0 Å². The van der Waals surface area contributed by atoms with Crippen LogP contribution in [-0.2, 0) is 10.1 Å². The fourth-order valence-corrected chi connectivity index (χ4v) is 3.19. The van der Waals surface area contributed by atoms with Crippen molar-refractivity contribution in [3.8, 4) is 5.75 Å². The van der Waals surface area contributed by atoms with E-state index in [2.05, 4.69) is 0 Å². The van der Waals surface area contributed by atoms with Gasteiger partial charge >= 0.3 is 15.8 Å². The summed E-state index contributed by atoms with van der Waals surface area (Å²) in [5.41, 5.74) is -0.0946. The van der Waals surface area contributed by atoms with Crippen molar-refractivity contribution < 1.29 is 22.4 Å². The minimum absolute atomic E-state index is 0.0963. The van der Waals surface area contributed by atoms with Gasteiger partial charge in [-0.15, -0.1) is 0 Å². The fraction of sp³-hybridized carbons (Fsp3) is 0.143. The Kier molecular flexibility index (Phi) is 4.51. The molecule has 0 unspecified atom stereocenters. The van der Waals surface area contributed by atoms with E-state index in [1.165, 1.54) is 25.1 Å². The van der Waals surface area contributed by atoms with Crippen molar-refractivity contribution in [2.75, 3.05) is 0 Å². The van der Waals surface area contributed by atoms with Crippen LogP contribution in [-0.4, -0.2) is 18.3 Å². The average molecular weight is 352 g/mol. The van der Waals surface area contributed by atoms with Crippen LogP contribution in [0.15, 0.2) is 41.3 Å². The van der Waals surface area contributed by atoms with Gasteiger partial charge in [-0.05, 0) is 37.1 Å². The van der Waals surface area contributed by atoms with Gasteiger partial charge in [0.15, 0.2) is 0 Å². The second-order valence-corrected chi connectivity index (χ2v) is 6.49. The zero-order valence-corrected chi connectivity index (χ0v) is 13.4. The van der Waals surface area contributed by atoms with E-state index in [0.29, 0.717) is 5.56 Å². The van der Waals surface area contributed by atoms with Crippen LogP contribution in [0.2, 0.25) is 0 Å². The number of hydrogen-bond acceptors (Lipinski definition) is 7. The molecule has 2 aromatic carbocycles. The number of nitro benzene ring substituents is 2. The lowest BCUT2D eigenvalue weighted by atomic mass is 10.2. The molecule has 0 radical (unpaired) electrons. The molecule has 0 N–H and O–H groups in total. The van der Waals surface area contributed by atoms with E-state index in [1.54, 1.807) is 6.92 Å². The zero-order valence-electron chi connectivity index (χ0n) is 12.6. The first-order chi connectivity index (χ1) is 11.1. The summed E-state index contributed by atoms with van der Waals surface area (Å²) in [6.07, 6.45) is 0. The topological polar surface area (TPSA) is 130 Å². The molecule has 0 amide bonds. The third-order valence-corrected chi connectivity index (χ3v) is 4.55. The number of hydrogen-bond donors (Lipinski definition) is 0. The molecule has 0 aliphatic heterocycles. The van der Waals surface area contributed by atoms with Crippen molar-refractivity contribution in [2.24, 2.45) is 0 Å². The summed E-state index contributed by atoms with van der Waals surface area (Å²) in [5, 5.41) is 21.7. The normalized spacial score (nSPS) is 11.1. The first kappa shape index (κ1) is 17.3. The van der Waals surface area contributed by atoms with Crippen LogP contribution in [0.4, 0.5) is 11.4 Å². The minimum Gasteiger partial charge on any atom is -0.372 e. The quantitative estimate of drug-likeness (QED) is 0.459. The van der Waals surface area contributed by atoms with E-state index in [4.69, 9.17) is 4.18 Å². The van der Waals surface area contributed by atoms with Crippen LogP contribution < -0.4 is 4.18 Å². The van der Waals surface area contributed by atoms with Gasteiger partial charge in [0, 0.05) is 18.2 Å². The summed E-state index contributed by atoms with van der Waals surface area (Å²) in [5.74, 6) is -0.427. The molecule has 2 aromatic rings. The Hall–Kier alpha value is -3.01. The lowest BCUT2D eigenvalue weighted by Crippen LogP contribution is -2.12. The average Bonchev–Trinajstić information content (AvgIpc) is 2.48. The Morgan fingerprint density at radius 3 is 2.17 bits per heavy atom. The molecule has 0 aliphatic carbocycles. The Morgan fingerprint density at radius 1 is 0.958 bits per heavy atom. The molecule has 24 heavy (non-hydrogen) atoms. The van der Waals surface area contributed by atoms with Gasteiger partial charge in [-0.1, -0.05) is 6.07 Å². The van der Waals surface area contributed by atoms with Gasteiger partial charge in [-0.2, -0.15) is 8.42 Å². The van der Waals surface area contributed by atoms with Crippen LogP contribution in [0.5, 0.6) is 5.75 Å². The Bertz CT molecular complexity index is 938. The zero-order chi connectivity index (χ0) is 18.1. The van der Waals surface area contributed by atoms with E-state index in [-0.39, 0.29) is 16.1 Å². The van der Waals surface area contributed by atoms with Gasteiger partial charge in [-0.25, -0.2) is 0 Å². The smallest absolute Gasteiger partial charge is 0.339 e. The van der Waals surface area contributed by atoms with Crippen LogP contribution in [0, 0.1) is 34.1 Å². The molecule has 0 saturated carbocycles. The molecule has 0 saturated heterocycles. The number of aryl methyl sites for hydroxylation is 2. The first-order valence-corrected chi connectivity index (χ1v) is 7.97. The number of nitrogens with zero attached hydrogens (tertiary/aromatic N) is 2. The number of rotatable bonds is 5.